The Kier molecular flexibility index (Phi) is 8.79. The van der Waals surface area contributed by atoms with Gasteiger partial charge in [0.1, 0.15) is 0 Å². The molecule has 31 heavy (non-hydrogen) atoms. The average molecular weight is 462 g/mol. The second-order valence-electron chi connectivity index (χ2n) is 6.03. The molecule has 0 aromatic heterocycles. The number of amides is 1. The van der Waals surface area contributed by atoms with Crippen LogP contribution in [-0.4, -0.2) is 28.1 Å². The zero-order valence-corrected chi connectivity index (χ0v) is 16.2. The van der Waals surface area contributed by atoms with Gasteiger partial charge in [-0.05, 0) is 53.6 Å². The number of carbonyl (C=O) groups is 3. The molecule has 8 heteroatoms. The van der Waals surface area contributed by atoms with Gasteiger partial charge in [0.05, 0.1) is 27.4 Å². The number of carbonyl (C=O) groups excluding carboxylic acids is 1. The zero-order chi connectivity index (χ0) is 21.1. The molecule has 0 fully saturated rings. The summed E-state index contributed by atoms with van der Waals surface area (Å²) < 4.78 is 0. The fourth-order valence-corrected chi connectivity index (χ4v) is 3.20. The Morgan fingerprint density at radius 2 is 1.42 bits per heavy atom. The molecule has 3 aromatic rings. The molecule has 3 N–H and O–H groups in total. The first-order valence-corrected chi connectivity index (χ1v) is 8.99. The molecule has 162 valence electrons. The third-order valence-corrected chi connectivity index (χ3v) is 4.66. The smallest absolute Gasteiger partial charge is 0.337 e. The summed E-state index contributed by atoms with van der Waals surface area (Å²) in [5.74, 6) is -2.93. The fraction of sp³-hybridized carbons (Fsp3) is 0.0870. The minimum Gasteiger partial charge on any atom is -0.478 e. The van der Waals surface area contributed by atoms with Crippen LogP contribution >= 0.6 is 23.2 Å². The van der Waals surface area contributed by atoms with Crippen LogP contribution in [0.3, 0.4) is 0 Å². The van der Waals surface area contributed by atoms with Crippen LogP contribution in [0.15, 0.2) is 60.7 Å². The summed E-state index contributed by atoms with van der Waals surface area (Å²) in [7, 11) is 0. The van der Waals surface area contributed by atoms with Crippen LogP contribution in [-0.2, 0) is 0 Å². The van der Waals surface area contributed by atoms with Crippen molar-refractivity contribution in [2.45, 2.75) is 14.9 Å². The molecule has 3 aromatic carbocycles. The molecule has 0 aliphatic rings. The molecule has 0 radical (unpaired) electrons. The first-order chi connectivity index (χ1) is 13.8. The highest BCUT2D eigenvalue weighted by molar-refractivity contribution is 6.37. The van der Waals surface area contributed by atoms with Gasteiger partial charge in [0.15, 0.2) is 0 Å². The van der Waals surface area contributed by atoms with Crippen LogP contribution in [0.2, 0.25) is 10.0 Å². The van der Waals surface area contributed by atoms with Gasteiger partial charge in [0.2, 0.25) is 0 Å². The van der Waals surface area contributed by atoms with Gasteiger partial charge in [-0.1, -0.05) is 56.3 Å². The van der Waals surface area contributed by atoms with E-state index in [1.54, 1.807) is 18.2 Å². The molecule has 0 unspecified atom stereocenters. The van der Waals surface area contributed by atoms with Gasteiger partial charge < -0.3 is 15.5 Å². The van der Waals surface area contributed by atoms with Crippen LogP contribution in [0.25, 0.3) is 11.1 Å². The summed E-state index contributed by atoms with van der Waals surface area (Å²) >= 11 is 11.9. The summed E-state index contributed by atoms with van der Waals surface area (Å²) in [6.07, 6.45) is 0. The fourth-order valence-electron chi connectivity index (χ4n) is 2.70. The van der Waals surface area contributed by atoms with Crippen molar-refractivity contribution in [2.24, 2.45) is 0 Å². The van der Waals surface area contributed by atoms with E-state index in [0.29, 0.717) is 16.1 Å². The SMILES string of the molecule is C.C.O=C(O)c1cccc(-c2ccc(NC(=O)c3ccc(Cl)cc3Cl)c(C(=O)O)c2)c1. The van der Waals surface area contributed by atoms with Crippen molar-refractivity contribution in [1.29, 1.82) is 0 Å². The number of hydrogen-bond donors (Lipinski definition) is 3. The minimum absolute atomic E-state index is 0. The first-order valence-electron chi connectivity index (χ1n) is 8.23. The Morgan fingerprint density at radius 1 is 0.742 bits per heavy atom. The highest BCUT2D eigenvalue weighted by Gasteiger charge is 2.17. The lowest BCUT2D eigenvalue weighted by Gasteiger charge is -2.12. The lowest BCUT2D eigenvalue weighted by atomic mass is 10.00. The Hall–Kier alpha value is -3.35. The molecule has 0 heterocycles. The number of aromatic carboxylic acids is 2. The molecule has 1 amide bonds. The molecule has 3 rings (SSSR count). The van der Waals surface area contributed by atoms with Crippen LogP contribution in [0, 0.1) is 0 Å². The maximum absolute atomic E-state index is 12.5. The molecule has 0 aliphatic carbocycles. The second-order valence-corrected chi connectivity index (χ2v) is 6.87. The third kappa shape index (κ3) is 5.84. The van der Waals surface area contributed by atoms with E-state index in [-0.39, 0.29) is 42.3 Å². The van der Waals surface area contributed by atoms with Crippen LogP contribution in [0.1, 0.15) is 45.9 Å². The number of nitrogens with one attached hydrogen (secondary N) is 1. The number of anilines is 1. The van der Waals surface area contributed by atoms with Crippen molar-refractivity contribution in [2.75, 3.05) is 5.32 Å². The third-order valence-electron chi connectivity index (χ3n) is 4.12. The van der Waals surface area contributed by atoms with Crippen molar-refractivity contribution in [1.82, 2.24) is 0 Å². The maximum atomic E-state index is 12.5. The summed E-state index contributed by atoms with van der Waals surface area (Å²) in [4.78, 5) is 35.4. The highest BCUT2D eigenvalue weighted by Crippen LogP contribution is 2.28. The van der Waals surface area contributed by atoms with Crippen molar-refractivity contribution in [3.8, 4) is 11.1 Å². The van der Waals surface area contributed by atoms with E-state index in [4.69, 9.17) is 28.3 Å². The lowest BCUT2D eigenvalue weighted by Crippen LogP contribution is -2.15. The molecule has 0 spiro atoms. The molecule has 0 bridgehead atoms. The standard InChI is InChI=1S/C21H13Cl2NO5.2CH4/c22-14-5-6-15(17(23)10-14)19(25)24-18-7-4-12(9-16(18)21(28)29)11-2-1-3-13(8-11)20(26)27;;/h1-10H,(H,24,25)(H,26,27)(H,28,29);2*1H4. The predicted octanol–water partition coefficient (Wildman–Crippen LogP) is 6.58. The average Bonchev–Trinajstić information content (AvgIpc) is 2.68. The topological polar surface area (TPSA) is 104 Å². The number of halogens is 2. The molecular formula is C23H21Cl2NO5. The largest absolute Gasteiger partial charge is 0.478 e. The Morgan fingerprint density at radius 3 is 2.03 bits per heavy atom. The van der Waals surface area contributed by atoms with Crippen LogP contribution in [0.5, 0.6) is 0 Å². The Bertz CT molecular complexity index is 1140. The van der Waals surface area contributed by atoms with Gasteiger partial charge in [-0.25, -0.2) is 9.59 Å². The first kappa shape index (κ1) is 25.7. The van der Waals surface area contributed by atoms with Gasteiger partial charge in [-0.15, -0.1) is 0 Å². The Labute approximate surface area is 190 Å². The number of rotatable bonds is 5. The number of carboxylic acid groups (broad SMARTS) is 2. The lowest BCUT2D eigenvalue weighted by molar-refractivity contribution is 0.0686. The van der Waals surface area contributed by atoms with E-state index in [2.05, 4.69) is 5.32 Å². The van der Waals surface area contributed by atoms with Crippen molar-refractivity contribution >= 4 is 46.7 Å². The predicted molar refractivity (Wildman–Crippen MR) is 124 cm³/mol. The van der Waals surface area contributed by atoms with E-state index < -0.39 is 17.8 Å². The molecule has 0 saturated heterocycles. The molecular weight excluding hydrogens is 441 g/mol. The number of hydrogen-bond acceptors (Lipinski definition) is 3. The maximum Gasteiger partial charge on any atom is 0.337 e. The summed E-state index contributed by atoms with van der Waals surface area (Å²) in [5.41, 5.74) is 1.17. The highest BCUT2D eigenvalue weighted by atomic mass is 35.5. The van der Waals surface area contributed by atoms with E-state index in [1.165, 1.54) is 42.5 Å². The molecule has 0 aliphatic heterocycles. The number of carboxylic acids is 2. The van der Waals surface area contributed by atoms with Crippen molar-refractivity contribution < 1.29 is 24.6 Å². The van der Waals surface area contributed by atoms with Gasteiger partial charge in [0.25, 0.3) is 5.91 Å². The van der Waals surface area contributed by atoms with E-state index in [9.17, 15) is 19.5 Å². The van der Waals surface area contributed by atoms with E-state index in [0.717, 1.165) is 0 Å². The number of benzene rings is 3. The van der Waals surface area contributed by atoms with Crippen molar-refractivity contribution in [3.05, 3.63) is 87.4 Å². The van der Waals surface area contributed by atoms with Gasteiger partial charge in [-0.2, -0.15) is 0 Å². The van der Waals surface area contributed by atoms with Crippen LogP contribution < -0.4 is 5.32 Å². The monoisotopic (exact) mass is 461 g/mol. The normalized spacial score (nSPS) is 9.74. The van der Waals surface area contributed by atoms with Gasteiger partial charge in [-0.3, -0.25) is 4.79 Å². The summed E-state index contributed by atoms with van der Waals surface area (Å²) in [6, 6.07) is 14.8. The zero-order valence-electron chi connectivity index (χ0n) is 14.6. The van der Waals surface area contributed by atoms with Crippen molar-refractivity contribution in [3.63, 3.8) is 0 Å². The molecule has 6 nitrogen and oxygen atoms in total. The molecule has 0 atom stereocenters. The Balaban J connectivity index is 0.00000240. The van der Waals surface area contributed by atoms with Crippen LogP contribution in [0.4, 0.5) is 5.69 Å². The van der Waals surface area contributed by atoms with Gasteiger partial charge in [0, 0.05) is 5.02 Å². The van der Waals surface area contributed by atoms with E-state index in [1.807, 2.05) is 0 Å². The quantitative estimate of drug-likeness (QED) is 0.397. The van der Waals surface area contributed by atoms with Gasteiger partial charge >= 0.3 is 11.9 Å². The molecule has 0 saturated carbocycles. The summed E-state index contributed by atoms with van der Waals surface area (Å²) in [6.45, 7) is 0. The van der Waals surface area contributed by atoms with E-state index >= 15 is 0 Å². The summed E-state index contributed by atoms with van der Waals surface area (Å²) in [5, 5.41) is 21.7. The second kappa shape index (κ2) is 10.6. The minimum atomic E-state index is -1.25.